The van der Waals surface area contributed by atoms with Gasteiger partial charge in [-0.1, -0.05) is 18.2 Å². The number of carbonyl (C=O) groups excluding carboxylic acids is 2. The minimum absolute atomic E-state index is 0.0872. The van der Waals surface area contributed by atoms with E-state index >= 15 is 0 Å². The van der Waals surface area contributed by atoms with Gasteiger partial charge < -0.3 is 4.90 Å². The number of ketones is 1. The van der Waals surface area contributed by atoms with Gasteiger partial charge >= 0.3 is 0 Å². The summed E-state index contributed by atoms with van der Waals surface area (Å²) < 4.78 is 0. The van der Waals surface area contributed by atoms with Crippen molar-refractivity contribution in [1.82, 2.24) is 4.90 Å². The van der Waals surface area contributed by atoms with Gasteiger partial charge in [-0.05, 0) is 13.0 Å². The van der Waals surface area contributed by atoms with Crippen LogP contribution in [-0.4, -0.2) is 30.7 Å². The van der Waals surface area contributed by atoms with E-state index in [0.29, 0.717) is 11.1 Å². The molecule has 0 aromatic heterocycles. The van der Waals surface area contributed by atoms with Crippen LogP contribution in [0.3, 0.4) is 0 Å². The van der Waals surface area contributed by atoms with Gasteiger partial charge in [0.05, 0.1) is 5.56 Å². The van der Waals surface area contributed by atoms with Crippen molar-refractivity contribution in [3.63, 3.8) is 0 Å². The molecule has 1 rings (SSSR count). The first kappa shape index (κ1) is 10.4. The molecule has 0 radical (unpaired) electrons. The Morgan fingerprint density at radius 3 is 2.00 bits per heavy atom. The molecule has 3 nitrogen and oxygen atoms in total. The maximum atomic E-state index is 11.6. The average Bonchev–Trinajstić information content (AvgIpc) is 2.16. The Bertz CT molecular complexity index is 369. The smallest absolute Gasteiger partial charge is 0.254 e. The van der Waals surface area contributed by atoms with E-state index in [0.717, 1.165) is 0 Å². The third-order valence-corrected chi connectivity index (χ3v) is 1.94. The zero-order valence-corrected chi connectivity index (χ0v) is 8.57. The molecule has 0 aliphatic heterocycles. The minimum Gasteiger partial charge on any atom is -0.345 e. The normalized spacial score (nSPS) is 9.64. The van der Waals surface area contributed by atoms with Gasteiger partial charge in [-0.25, -0.2) is 0 Å². The number of Topliss-reactive ketones (excluding diaryl/α,β-unsaturated/α-hetero) is 1. The van der Waals surface area contributed by atoms with Crippen molar-refractivity contribution in [2.75, 3.05) is 14.1 Å². The number of carbonyl (C=O) groups is 2. The summed E-state index contributed by atoms with van der Waals surface area (Å²) >= 11 is 0. The Kier molecular flexibility index (Phi) is 3.02. The van der Waals surface area contributed by atoms with Crippen molar-refractivity contribution < 1.29 is 9.59 Å². The van der Waals surface area contributed by atoms with Crippen LogP contribution in [-0.2, 0) is 0 Å². The fraction of sp³-hybridized carbons (Fsp3) is 0.273. The number of hydrogen-bond acceptors (Lipinski definition) is 2. The van der Waals surface area contributed by atoms with Gasteiger partial charge in [-0.15, -0.1) is 0 Å². The van der Waals surface area contributed by atoms with Crippen molar-refractivity contribution in [2.24, 2.45) is 0 Å². The molecule has 1 aromatic rings. The van der Waals surface area contributed by atoms with Gasteiger partial charge in [0.25, 0.3) is 5.91 Å². The third kappa shape index (κ3) is 1.99. The molecule has 14 heavy (non-hydrogen) atoms. The second-order valence-corrected chi connectivity index (χ2v) is 3.30. The molecule has 0 aliphatic rings. The summed E-state index contributed by atoms with van der Waals surface area (Å²) in [6, 6.07) is 6.84. The lowest BCUT2D eigenvalue weighted by atomic mass is 10.0. The Morgan fingerprint density at radius 2 is 1.57 bits per heavy atom. The molecule has 0 bridgehead atoms. The highest BCUT2D eigenvalue weighted by atomic mass is 16.2. The van der Waals surface area contributed by atoms with Crippen molar-refractivity contribution in [2.45, 2.75) is 6.92 Å². The van der Waals surface area contributed by atoms with Gasteiger partial charge in [0.1, 0.15) is 0 Å². The van der Waals surface area contributed by atoms with Gasteiger partial charge in [0.2, 0.25) is 0 Å². The lowest BCUT2D eigenvalue weighted by Crippen LogP contribution is -2.23. The third-order valence-electron chi connectivity index (χ3n) is 1.94. The molecule has 0 atom stereocenters. The van der Waals surface area contributed by atoms with Crippen LogP contribution in [0.25, 0.3) is 0 Å². The number of nitrogens with zero attached hydrogens (tertiary/aromatic N) is 1. The summed E-state index contributed by atoms with van der Waals surface area (Å²) in [6.07, 6.45) is 0. The average molecular weight is 191 g/mol. The fourth-order valence-electron chi connectivity index (χ4n) is 1.22. The van der Waals surface area contributed by atoms with E-state index in [1.54, 1.807) is 38.4 Å². The molecule has 1 amide bonds. The second-order valence-electron chi connectivity index (χ2n) is 3.30. The monoisotopic (exact) mass is 191 g/mol. The van der Waals surface area contributed by atoms with Gasteiger partial charge in [0.15, 0.2) is 5.78 Å². The molecule has 0 fully saturated rings. The fourth-order valence-corrected chi connectivity index (χ4v) is 1.22. The topological polar surface area (TPSA) is 37.4 Å². The number of amides is 1. The molecule has 1 aromatic carbocycles. The molecule has 0 heterocycles. The van der Waals surface area contributed by atoms with Crippen molar-refractivity contribution in [1.29, 1.82) is 0 Å². The van der Waals surface area contributed by atoms with E-state index in [9.17, 15) is 9.59 Å². The van der Waals surface area contributed by atoms with Crippen LogP contribution in [0, 0.1) is 0 Å². The van der Waals surface area contributed by atoms with Crippen LogP contribution < -0.4 is 0 Å². The highest BCUT2D eigenvalue weighted by molar-refractivity contribution is 6.07. The van der Waals surface area contributed by atoms with Crippen LogP contribution in [0.4, 0.5) is 0 Å². The van der Waals surface area contributed by atoms with Crippen molar-refractivity contribution >= 4 is 11.7 Å². The predicted octanol–water partition coefficient (Wildman–Crippen LogP) is 1.59. The first-order chi connectivity index (χ1) is 6.54. The number of rotatable bonds is 2. The number of benzene rings is 1. The largest absolute Gasteiger partial charge is 0.345 e. The summed E-state index contributed by atoms with van der Waals surface area (Å²) in [5, 5.41) is 0. The molecule has 0 unspecified atom stereocenters. The van der Waals surface area contributed by atoms with Crippen LogP contribution in [0.2, 0.25) is 0 Å². The van der Waals surface area contributed by atoms with Gasteiger partial charge in [0, 0.05) is 19.7 Å². The Morgan fingerprint density at radius 1 is 1.07 bits per heavy atom. The zero-order chi connectivity index (χ0) is 10.7. The molecule has 0 saturated heterocycles. The van der Waals surface area contributed by atoms with Crippen LogP contribution in [0.1, 0.15) is 27.6 Å². The maximum Gasteiger partial charge on any atom is 0.254 e. The molecule has 3 heteroatoms. The zero-order valence-electron chi connectivity index (χ0n) is 8.57. The molecule has 0 saturated carbocycles. The van der Waals surface area contributed by atoms with Crippen molar-refractivity contribution in [3.8, 4) is 0 Å². The van der Waals surface area contributed by atoms with E-state index in [4.69, 9.17) is 0 Å². The minimum atomic E-state index is -0.143. The lowest BCUT2D eigenvalue weighted by molar-refractivity contribution is 0.0821. The Hall–Kier alpha value is -1.64. The molecule has 0 spiro atoms. The molecule has 74 valence electrons. The molecular formula is C11H13NO2. The summed E-state index contributed by atoms with van der Waals surface area (Å²) in [4.78, 5) is 24.3. The SMILES string of the molecule is CC(=O)c1ccccc1C(=O)N(C)C. The molecular weight excluding hydrogens is 178 g/mol. The first-order valence-electron chi connectivity index (χ1n) is 4.35. The second kappa shape index (κ2) is 4.05. The summed E-state index contributed by atoms with van der Waals surface area (Å²) in [7, 11) is 3.33. The summed E-state index contributed by atoms with van der Waals surface area (Å²) in [5.74, 6) is -0.230. The van der Waals surface area contributed by atoms with E-state index in [1.807, 2.05) is 0 Å². The van der Waals surface area contributed by atoms with Crippen LogP contribution in [0.15, 0.2) is 24.3 Å². The lowest BCUT2D eigenvalue weighted by Gasteiger charge is -2.12. The maximum absolute atomic E-state index is 11.6. The van der Waals surface area contributed by atoms with E-state index < -0.39 is 0 Å². The van der Waals surface area contributed by atoms with E-state index in [-0.39, 0.29) is 11.7 Å². The van der Waals surface area contributed by atoms with Crippen LogP contribution in [0.5, 0.6) is 0 Å². The van der Waals surface area contributed by atoms with E-state index in [2.05, 4.69) is 0 Å². The highest BCUT2D eigenvalue weighted by Crippen LogP contribution is 2.10. The quantitative estimate of drug-likeness (QED) is 0.666. The first-order valence-corrected chi connectivity index (χ1v) is 4.35. The van der Waals surface area contributed by atoms with E-state index in [1.165, 1.54) is 11.8 Å². The standard InChI is InChI=1S/C11H13NO2/c1-8(13)9-6-4-5-7-10(9)11(14)12(2)3/h4-7H,1-3H3. The highest BCUT2D eigenvalue weighted by Gasteiger charge is 2.14. The number of hydrogen-bond donors (Lipinski definition) is 0. The van der Waals surface area contributed by atoms with Crippen molar-refractivity contribution in [3.05, 3.63) is 35.4 Å². The van der Waals surface area contributed by atoms with Gasteiger partial charge in [-0.3, -0.25) is 9.59 Å². The van der Waals surface area contributed by atoms with Gasteiger partial charge in [-0.2, -0.15) is 0 Å². The Labute approximate surface area is 83.3 Å². The molecule has 0 aliphatic carbocycles. The Balaban J connectivity index is 3.20. The van der Waals surface area contributed by atoms with Crippen LogP contribution >= 0.6 is 0 Å². The summed E-state index contributed by atoms with van der Waals surface area (Å²) in [5.41, 5.74) is 0.941. The molecule has 0 N–H and O–H groups in total. The predicted molar refractivity (Wildman–Crippen MR) is 54.5 cm³/mol. The summed E-state index contributed by atoms with van der Waals surface area (Å²) in [6.45, 7) is 1.46.